The van der Waals surface area contributed by atoms with E-state index in [1.807, 2.05) is 12.1 Å². The lowest BCUT2D eigenvalue weighted by Gasteiger charge is -2.24. The zero-order valence-corrected chi connectivity index (χ0v) is 11.9. The van der Waals surface area contributed by atoms with Crippen molar-refractivity contribution in [3.63, 3.8) is 0 Å². The molecule has 0 radical (unpaired) electrons. The molecule has 2 aromatic rings. The van der Waals surface area contributed by atoms with Crippen LogP contribution in [0.1, 0.15) is 18.9 Å². The number of hydrogen-bond acceptors (Lipinski definition) is 2. The highest BCUT2D eigenvalue weighted by Crippen LogP contribution is 2.31. The van der Waals surface area contributed by atoms with Gasteiger partial charge in [-0.15, -0.1) is 0 Å². The molecule has 1 unspecified atom stereocenters. The lowest BCUT2D eigenvalue weighted by Crippen LogP contribution is -2.21. The molecule has 96 valence electrons. The molecule has 3 nitrogen and oxygen atoms in total. The van der Waals surface area contributed by atoms with E-state index in [1.165, 1.54) is 0 Å². The number of aromatic nitrogens is 2. The third kappa shape index (κ3) is 2.07. The van der Waals surface area contributed by atoms with Crippen LogP contribution in [0.25, 0.3) is 11.0 Å². The van der Waals surface area contributed by atoms with Gasteiger partial charge in [-0.05, 0) is 37.2 Å². The van der Waals surface area contributed by atoms with Crippen molar-refractivity contribution in [1.82, 2.24) is 9.55 Å². The Balaban J connectivity index is 2.18. The smallest absolute Gasteiger partial charge is 0.178 e. The van der Waals surface area contributed by atoms with E-state index in [2.05, 4.69) is 9.55 Å². The Bertz CT molecular complexity index is 643. The highest BCUT2D eigenvalue weighted by molar-refractivity contribution is 7.71. The fraction of sp³-hybridized carbons (Fsp3) is 0.417. The van der Waals surface area contributed by atoms with Gasteiger partial charge in [-0.2, -0.15) is 0 Å². The fourth-order valence-corrected chi connectivity index (χ4v) is 3.09. The number of rotatable bonds is 1. The molecule has 2 heterocycles. The van der Waals surface area contributed by atoms with Crippen molar-refractivity contribution in [1.29, 1.82) is 0 Å². The molecule has 0 saturated carbocycles. The van der Waals surface area contributed by atoms with Gasteiger partial charge in [-0.3, -0.25) is 0 Å². The van der Waals surface area contributed by atoms with Crippen LogP contribution in [0.4, 0.5) is 0 Å². The summed E-state index contributed by atoms with van der Waals surface area (Å²) < 4.78 is 8.31. The third-order valence-electron chi connectivity index (χ3n) is 3.26. The van der Waals surface area contributed by atoms with Gasteiger partial charge < -0.3 is 14.3 Å². The number of ether oxygens (including phenoxy) is 1. The first kappa shape index (κ1) is 12.5. The number of hydrogen-bond donors (Lipinski definition) is 1. The molecule has 3 rings (SSSR count). The summed E-state index contributed by atoms with van der Waals surface area (Å²) in [6.45, 7) is 1.53. The van der Waals surface area contributed by atoms with Crippen molar-refractivity contribution in [2.24, 2.45) is 0 Å². The number of aromatic amines is 1. The molecule has 1 fully saturated rings. The van der Waals surface area contributed by atoms with E-state index >= 15 is 0 Å². The predicted molar refractivity (Wildman–Crippen MR) is 76.2 cm³/mol. The van der Waals surface area contributed by atoms with Crippen molar-refractivity contribution in [2.45, 2.75) is 18.9 Å². The van der Waals surface area contributed by atoms with E-state index in [4.69, 9.17) is 40.2 Å². The molecular weight excluding hydrogens is 291 g/mol. The van der Waals surface area contributed by atoms with Gasteiger partial charge in [0.05, 0.1) is 33.7 Å². The van der Waals surface area contributed by atoms with Crippen molar-refractivity contribution in [2.75, 3.05) is 13.2 Å². The summed E-state index contributed by atoms with van der Waals surface area (Å²) in [5, 5.41) is 1.08. The fourth-order valence-electron chi connectivity index (χ4n) is 2.41. The second-order valence-corrected chi connectivity index (χ2v) is 5.66. The Labute approximate surface area is 120 Å². The number of H-pyrrole nitrogens is 1. The van der Waals surface area contributed by atoms with Crippen molar-refractivity contribution < 1.29 is 4.74 Å². The van der Waals surface area contributed by atoms with E-state index in [-0.39, 0.29) is 6.04 Å². The minimum Gasteiger partial charge on any atom is -0.379 e. The first-order chi connectivity index (χ1) is 8.66. The summed E-state index contributed by atoms with van der Waals surface area (Å²) in [5.74, 6) is 0. The lowest BCUT2D eigenvalue weighted by atomic mass is 10.1. The molecule has 1 aromatic heterocycles. The van der Waals surface area contributed by atoms with E-state index in [0.717, 1.165) is 30.5 Å². The van der Waals surface area contributed by atoms with Crippen molar-refractivity contribution >= 4 is 46.5 Å². The second kappa shape index (κ2) is 4.85. The Morgan fingerprint density at radius 2 is 2.11 bits per heavy atom. The van der Waals surface area contributed by atoms with Crippen LogP contribution in [0.5, 0.6) is 0 Å². The number of nitrogens with one attached hydrogen (secondary N) is 1. The highest BCUT2D eigenvalue weighted by Gasteiger charge is 2.19. The number of imidazole rings is 1. The van der Waals surface area contributed by atoms with Crippen LogP contribution < -0.4 is 0 Å². The Kier molecular flexibility index (Phi) is 3.36. The average molecular weight is 303 g/mol. The number of fused-ring (bicyclic) bond motifs is 1. The lowest BCUT2D eigenvalue weighted by molar-refractivity contribution is 0.0600. The molecule has 6 heteroatoms. The molecule has 1 aromatic carbocycles. The van der Waals surface area contributed by atoms with Gasteiger partial charge in [-0.25, -0.2) is 0 Å². The van der Waals surface area contributed by atoms with Gasteiger partial charge >= 0.3 is 0 Å². The maximum atomic E-state index is 6.08. The maximum absolute atomic E-state index is 6.08. The highest BCUT2D eigenvalue weighted by atomic mass is 35.5. The predicted octanol–water partition coefficient (Wildman–Crippen LogP) is 4.36. The summed E-state index contributed by atoms with van der Waals surface area (Å²) in [4.78, 5) is 3.17. The van der Waals surface area contributed by atoms with E-state index in [1.54, 1.807) is 0 Å². The molecule has 1 saturated heterocycles. The molecule has 0 bridgehead atoms. The number of halogens is 2. The molecule has 1 N–H and O–H groups in total. The quantitative estimate of drug-likeness (QED) is 0.793. The molecule has 18 heavy (non-hydrogen) atoms. The largest absolute Gasteiger partial charge is 0.379 e. The molecule has 1 atom stereocenters. The minimum absolute atomic E-state index is 0.275. The number of nitrogens with zero attached hydrogens (tertiary/aromatic N) is 1. The van der Waals surface area contributed by atoms with E-state index in [0.29, 0.717) is 21.4 Å². The summed E-state index contributed by atoms with van der Waals surface area (Å²) in [6.07, 6.45) is 2.13. The number of benzene rings is 1. The topological polar surface area (TPSA) is 29.9 Å². The van der Waals surface area contributed by atoms with Gasteiger partial charge in [0.2, 0.25) is 0 Å². The van der Waals surface area contributed by atoms with E-state index < -0.39 is 0 Å². The van der Waals surface area contributed by atoms with Gasteiger partial charge in [0.25, 0.3) is 0 Å². The Morgan fingerprint density at radius 1 is 1.33 bits per heavy atom. The molecule has 1 aliphatic heterocycles. The molecule has 0 aliphatic carbocycles. The standard InChI is InChI=1S/C12H12Cl2N2OS/c13-8-4-10-11(5-9(8)14)16(12(18)15-10)7-2-1-3-17-6-7/h4-5,7H,1-3,6H2,(H,15,18). The summed E-state index contributed by atoms with van der Waals surface area (Å²) in [7, 11) is 0. The van der Waals surface area contributed by atoms with Crippen LogP contribution in [0.15, 0.2) is 12.1 Å². The average Bonchev–Trinajstić information content (AvgIpc) is 2.66. The summed E-state index contributed by atoms with van der Waals surface area (Å²) in [5.41, 5.74) is 1.91. The molecule has 1 aliphatic rings. The monoisotopic (exact) mass is 302 g/mol. The SMILES string of the molecule is S=c1[nH]c2cc(Cl)c(Cl)cc2n1C1CCCOC1. The Hall–Kier alpha value is -0.550. The van der Waals surface area contributed by atoms with Gasteiger partial charge in [0.1, 0.15) is 0 Å². The summed E-state index contributed by atoms with van der Waals surface area (Å²) >= 11 is 17.5. The van der Waals surface area contributed by atoms with Crippen molar-refractivity contribution in [3.05, 3.63) is 26.9 Å². The first-order valence-electron chi connectivity index (χ1n) is 5.84. The van der Waals surface area contributed by atoms with Crippen LogP contribution in [0, 0.1) is 4.77 Å². The maximum Gasteiger partial charge on any atom is 0.178 e. The van der Waals surface area contributed by atoms with Gasteiger partial charge in [0, 0.05) is 6.61 Å². The zero-order valence-electron chi connectivity index (χ0n) is 9.58. The van der Waals surface area contributed by atoms with Gasteiger partial charge in [0.15, 0.2) is 4.77 Å². The van der Waals surface area contributed by atoms with Crippen LogP contribution in [-0.2, 0) is 4.74 Å². The van der Waals surface area contributed by atoms with Crippen LogP contribution in [0.3, 0.4) is 0 Å². The third-order valence-corrected chi connectivity index (χ3v) is 4.28. The molecular formula is C12H12Cl2N2OS. The van der Waals surface area contributed by atoms with Crippen LogP contribution in [0.2, 0.25) is 10.0 Å². The van der Waals surface area contributed by atoms with Crippen molar-refractivity contribution in [3.8, 4) is 0 Å². The zero-order chi connectivity index (χ0) is 12.7. The Morgan fingerprint density at radius 3 is 2.83 bits per heavy atom. The molecule has 0 amide bonds. The molecule has 0 spiro atoms. The van der Waals surface area contributed by atoms with E-state index in [9.17, 15) is 0 Å². The van der Waals surface area contributed by atoms with Crippen LogP contribution in [-0.4, -0.2) is 22.8 Å². The normalized spacial score (nSPS) is 20.4. The second-order valence-electron chi connectivity index (χ2n) is 4.45. The minimum atomic E-state index is 0.275. The van der Waals surface area contributed by atoms with Gasteiger partial charge in [-0.1, -0.05) is 23.2 Å². The van der Waals surface area contributed by atoms with Crippen LogP contribution >= 0.6 is 35.4 Å². The first-order valence-corrected chi connectivity index (χ1v) is 7.00. The summed E-state index contributed by atoms with van der Waals surface area (Å²) in [6, 6.07) is 3.95.